The number of nitrogens with zero attached hydrogens (tertiary/aromatic N) is 6. The Balaban J connectivity index is 1.47. The van der Waals surface area contributed by atoms with Gasteiger partial charge in [-0.2, -0.15) is 15.2 Å². The molecule has 3 aromatic rings. The van der Waals surface area contributed by atoms with E-state index in [0.29, 0.717) is 51.6 Å². The molecule has 9 nitrogen and oxygen atoms in total. The van der Waals surface area contributed by atoms with Crippen LogP contribution in [-0.4, -0.2) is 76.7 Å². The maximum atomic E-state index is 10.4. The fraction of sp³-hybridized carbons (Fsp3) is 0.414. The molecule has 9 heteroatoms. The molecule has 1 fully saturated rings. The molecule has 0 spiro atoms. The SMILES string of the molecule is C=CC(O)N1CCN(c2nc(OCCCO)nc3c2CCN(c2cccc4ccccc24)C3)CC1CC#N. The van der Waals surface area contributed by atoms with Crippen molar-refractivity contribution in [3.8, 4) is 12.1 Å². The zero-order valence-corrected chi connectivity index (χ0v) is 21.5. The third-order valence-electron chi connectivity index (χ3n) is 7.37. The molecule has 2 atom stereocenters. The molecule has 2 aliphatic rings. The topological polar surface area (TPSA) is 109 Å². The smallest absolute Gasteiger partial charge is 0.318 e. The lowest BCUT2D eigenvalue weighted by atomic mass is 10.0. The van der Waals surface area contributed by atoms with Gasteiger partial charge in [0.15, 0.2) is 0 Å². The summed E-state index contributed by atoms with van der Waals surface area (Å²) in [4.78, 5) is 16.1. The fourth-order valence-corrected chi connectivity index (χ4v) is 5.46. The highest BCUT2D eigenvalue weighted by Gasteiger charge is 2.33. The summed E-state index contributed by atoms with van der Waals surface area (Å²) in [5, 5.41) is 31.5. The van der Waals surface area contributed by atoms with E-state index in [-0.39, 0.29) is 12.6 Å². The Morgan fingerprint density at radius 2 is 1.97 bits per heavy atom. The summed E-state index contributed by atoms with van der Waals surface area (Å²) in [5.74, 6) is 0.835. The minimum Gasteiger partial charge on any atom is -0.463 e. The molecule has 2 unspecified atom stereocenters. The van der Waals surface area contributed by atoms with Gasteiger partial charge in [-0.25, -0.2) is 0 Å². The normalized spacial score (nSPS) is 18.6. The predicted molar refractivity (Wildman–Crippen MR) is 147 cm³/mol. The van der Waals surface area contributed by atoms with Crippen molar-refractivity contribution in [3.05, 3.63) is 66.4 Å². The van der Waals surface area contributed by atoms with Gasteiger partial charge in [-0.3, -0.25) is 4.90 Å². The summed E-state index contributed by atoms with van der Waals surface area (Å²) in [6.07, 6.45) is 2.29. The second kappa shape index (κ2) is 11.8. The summed E-state index contributed by atoms with van der Waals surface area (Å²) >= 11 is 0. The Morgan fingerprint density at radius 1 is 1.13 bits per heavy atom. The molecule has 0 radical (unpaired) electrons. The van der Waals surface area contributed by atoms with E-state index < -0.39 is 6.23 Å². The molecule has 2 aromatic carbocycles. The monoisotopic (exact) mass is 514 g/mol. The maximum absolute atomic E-state index is 10.4. The molecular formula is C29H34N6O3. The number of fused-ring (bicyclic) bond motifs is 2. The quantitative estimate of drug-likeness (QED) is 0.329. The molecule has 3 heterocycles. The van der Waals surface area contributed by atoms with Crippen LogP contribution in [0.3, 0.4) is 0 Å². The van der Waals surface area contributed by atoms with Crippen molar-refractivity contribution in [1.29, 1.82) is 5.26 Å². The van der Waals surface area contributed by atoms with Crippen molar-refractivity contribution in [2.45, 2.75) is 38.1 Å². The third-order valence-corrected chi connectivity index (χ3v) is 7.37. The molecule has 38 heavy (non-hydrogen) atoms. The predicted octanol–water partition coefficient (Wildman–Crippen LogP) is 2.86. The van der Waals surface area contributed by atoms with E-state index in [1.807, 2.05) is 4.90 Å². The van der Waals surface area contributed by atoms with Gasteiger partial charge >= 0.3 is 6.01 Å². The van der Waals surface area contributed by atoms with E-state index in [9.17, 15) is 15.5 Å². The van der Waals surface area contributed by atoms with Crippen LogP contribution in [0.1, 0.15) is 24.1 Å². The van der Waals surface area contributed by atoms with E-state index in [1.54, 1.807) is 0 Å². The summed E-state index contributed by atoms with van der Waals surface area (Å²) in [6, 6.07) is 17.2. The molecular weight excluding hydrogens is 480 g/mol. The van der Waals surface area contributed by atoms with Gasteiger partial charge in [0.25, 0.3) is 0 Å². The minimum absolute atomic E-state index is 0.0378. The van der Waals surface area contributed by atoms with Crippen molar-refractivity contribution in [2.24, 2.45) is 0 Å². The van der Waals surface area contributed by atoms with E-state index in [1.165, 1.54) is 22.5 Å². The largest absolute Gasteiger partial charge is 0.463 e. The number of aliphatic hydroxyl groups is 2. The van der Waals surface area contributed by atoms with E-state index in [4.69, 9.17) is 14.7 Å². The average Bonchev–Trinajstić information content (AvgIpc) is 2.96. The lowest BCUT2D eigenvalue weighted by Gasteiger charge is -2.43. The zero-order valence-electron chi connectivity index (χ0n) is 21.5. The first-order valence-corrected chi connectivity index (χ1v) is 13.2. The summed E-state index contributed by atoms with van der Waals surface area (Å²) in [7, 11) is 0. The summed E-state index contributed by atoms with van der Waals surface area (Å²) in [5.41, 5.74) is 3.21. The Hall–Kier alpha value is -3.71. The lowest BCUT2D eigenvalue weighted by Crippen LogP contribution is -2.56. The molecule has 0 saturated carbocycles. The first-order chi connectivity index (χ1) is 18.6. The highest BCUT2D eigenvalue weighted by molar-refractivity contribution is 5.94. The molecule has 1 aromatic heterocycles. The number of hydrogen-bond donors (Lipinski definition) is 2. The lowest BCUT2D eigenvalue weighted by molar-refractivity contribution is 0.00431. The van der Waals surface area contributed by atoms with Gasteiger partial charge in [-0.1, -0.05) is 43.0 Å². The van der Waals surface area contributed by atoms with Crippen LogP contribution in [0.4, 0.5) is 11.5 Å². The molecule has 0 bridgehead atoms. The van der Waals surface area contributed by atoms with Crippen LogP contribution in [0.2, 0.25) is 0 Å². The van der Waals surface area contributed by atoms with E-state index >= 15 is 0 Å². The van der Waals surface area contributed by atoms with Gasteiger partial charge in [0.05, 0.1) is 31.3 Å². The van der Waals surface area contributed by atoms with Crippen LogP contribution >= 0.6 is 0 Å². The number of anilines is 2. The molecule has 2 N–H and O–H groups in total. The Labute approximate surface area is 223 Å². The fourth-order valence-electron chi connectivity index (χ4n) is 5.46. The molecule has 198 valence electrons. The number of nitriles is 1. The van der Waals surface area contributed by atoms with Gasteiger partial charge in [-0.15, -0.1) is 0 Å². The second-order valence-corrected chi connectivity index (χ2v) is 9.70. The molecule has 0 amide bonds. The average molecular weight is 515 g/mol. The van der Waals surface area contributed by atoms with Crippen molar-refractivity contribution in [2.75, 3.05) is 49.2 Å². The van der Waals surface area contributed by atoms with E-state index in [2.05, 4.69) is 64.9 Å². The van der Waals surface area contributed by atoms with Gasteiger partial charge in [-0.05, 0) is 23.9 Å². The Bertz CT molecular complexity index is 1320. The first-order valence-electron chi connectivity index (χ1n) is 13.2. The van der Waals surface area contributed by atoms with Crippen molar-refractivity contribution >= 4 is 22.3 Å². The summed E-state index contributed by atoms with van der Waals surface area (Å²) in [6.45, 7) is 7.35. The number of hydrogen-bond acceptors (Lipinski definition) is 9. The number of ether oxygens (including phenoxy) is 1. The van der Waals surface area contributed by atoms with Crippen LogP contribution in [-0.2, 0) is 13.0 Å². The van der Waals surface area contributed by atoms with Crippen molar-refractivity contribution < 1.29 is 14.9 Å². The van der Waals surface area contributed by atoms with Gasteiger partial charge in [0, 0.05) is 61.9 Å². The number of benzene rings is 2. The molecule has 2 aliphatic heterocycles. The standard InChI is InChI=1S/C29H34N6O3/c1-2-27(37)35-16-15-34(19-22(35)11-13-30)28-24-12-14-33(20-25(24)31-29(32-28)38-18-6-17-36)26-10-5-8-21-7-3-4-9-23(21)26/h2-5,7-10,22,27,36-37H,1,6,11-12,14-20H2. The van der Waals surface area contributed by atoms with Crippen LogP contribution in [0.25, 0.3) is 10.8 Å². The number of aromatic nitrogens is 2. The van der Waals surface area contributed by atoms with Crippen LogP contribution in [0.5, 0.6) is 6.01 Å². The minimum atomic E-state index is -0.790. The highest BCUT2D eigenvalue weighted by Crippen LogP contribution is 2.35. The first kappa shape index (κ1) is 25.9. The van der Waals surface area contributed by atoms with Crippen molar-refractivity contribution in [3.63, 3.8) is 0 Å². The van der Waals surface area contributed by atoms with Gasteiger partial charge in [0.2, 0.25) is 0 Å². The van der Waals surface area contributed by atoms with E-state index in [0.717, 1.165) is 30.0 Å². The van der Waals surface area contributed by atoms with Crippen LogP contribution in [0, 0.1) is 11.3 Å². The molecule has 0 aliphatic carbocycles. The van der Waals surface area contributed by atoms with Crippen LogP contribution < -0.4 is 14.5 Å². The number of piperazine rings is 1. The van der Waals surface area contributed by atoms with Crippen molar-refractivity contribution in [1.82, 2.24) is 14.9 Å². The van der Waals surface area contributed by atoms with Gasteiger partial charge in [0.1, 0.15) is 12.0 Å². The number of rotatable bonds is 9. The Kier molecular flexibility index (Phi) is 8.03. The molecule has 1 saturated heterocycles. The Morgan fingerprint density at radius 3 is 2.79 bits per heavy atom. The maximum Gasteiger partial charge on any atom is 0.318 e. The summed E-state index contributed by atoms with van der Waals surface area (Å²) < 4.78 is 5.86. The van der Waals surface area contributed by atoms with Crippen LogP contribution in [0.15, 0.2) is 55.1 Å². The highest BCUT2D eigenvalue weighted by atomic mass is 16.5. The zero-order chi connectivity index (χ0) is 26.5. The molecule has 5 rings (SSSR count). The third kappa shape index (κ3) is 5.29. The second-order valence-electron chi connectivity index (χ2n) is 9.70. The number of aliphatic hydroxyl groups excluding tert-OH is 2. The van der Waals surface area contributed by atoms with Gasteiger partial charge < -0.3 is 24.7 Å².